The molecule has 0 bridgehead atoms. The van der Waals surface area contributed by atoms with Crippen molar-refractivity contribution in [2.45, 2.75) is 12.5 Å². The standard InChI is InChI=1S/C17H13ClN4O5/c1-17(15(24)20-16(25)21-17)9-3-2-4-11(7-9)19-14(23)12-6-5-10(18)8-13(12)22(26)27/h2-8H,1H3,(H,19,23)(H2,20,21,24,25). The second-order valence-electron chi connectivity index (χ2n) is 5.99. The second-order valence-corrected chi connectivity index (χ2v) is 6.42. The molecule has 1 saturated heterocycles. The van der Waals surface area contributed by atoms with Gasteiger partial charge in [0.05, 0.1) is 4.92 Å². The highest BCUT2D eigenvalue weighted by molar-refractivity contribution is 6.31. The van der Waals surface area contributed by atoms with Crippen LogP contribution in [0.5, 0.6) is 0 Å². The summed E-state index contributed by atoms with van der Waals surface area (Å²) in [4.78, 5) is 46.4. The Morgan fingerprint density at radius 3 is 2.59 bits per heavy atom. The van der Waals surface area contributed by atoms with E-state index in [4.69, 9.17) is 11.6 Å². The molecule has 10 heteroatoms. The lowest BCUT2D eigenvalue weighted by molar-refractivity contribution is -0.385. The highest BCUT2D eigenvalue weighted by Gasteiger charge is 2.43. The Bertz CT molecular complexity index is 993. The number of amides is 4. The topological polar surface area (TPSA) is 130 Å². The van der Waals surface area contributed by atoms with E-state index in [2.05, 4.69) is 16.0 Å². The largest absolute Gasteiger partial charge is 0.322 e. The number of carbonyl (C=O) groups is 3. The quantitative estimate of drug-likeness (QED) is 0.421. The lowest BCUT2D eigenvalue weighted by Gasteiger charge is -2.21. The molecule has 1 aliphatic rings. The molecule has 0 radical (unpaired) electrons. The zero-order chi connectivity index (χ0) is 19.8. The number of nitrogens with zero attached hydrogens (tertiary/aromatic N) is 1. The molecule has 1 fully saturated rings. The summed E-state index contributed by atoms with van der Waals surface area (Å²) in [6, 6.07) is 9.37. The van der Waals surface area contributed by atoms with E-state index in [0.717, 1.165) is 6.07 Å². The SMILES string of the molecule is CC1(c2cccc(NC(=O)c3ccc(Cl)cc3[N+](=O)[O-])c2)NC(=O)NC1=O. The summed E-state index contributed by atoms with van der Waals surface area (Å²) in [5, 5.41) is 18.5. The van der Waals surface area contributed by atoms with E-state index in [1.165, 1.54) is 25.1 Å². The highest BCUT2D eigenvalue weighted by atomic mass is 35.5. The number of urea groups is 1. The monoisotopic (exact) mass is 388 g/mol. The van der Waals surface area contributed by atoms with E-state index in [-0.39, 0.29) is 10.6 Å². The molecule has 0 aliphatic carbocycles. The summed E-state index contributed by atoms with van der Waals surface area (Å²) in [5.74, 6) is -1.23. The normalized spacial score (nSPS) is 18.6. The predicted molar refractivity (Wildman–Crippen MR) is 96.5 cm³/mol. The van der Waals surface area contributed by atoms with Crippen LogP contribution in [-0.2, 0) is 10.3 Å². The molecule has 1 heterocycles. The Kier molecular flexibility index (Phi) is 4.54. The van der Waals surface area contributed by atoms with Crippen molar-refractivity contribution in [2.24, 2.45) is 0 Å². The van der Waals surface area contributed by atoms with Gasteiger partial charge in [-0.2, -0.15) is 0 Å². The minimum Gasteiger partial charge on any atom is -0.322 e. The van der Waals surface area contributed by atoms with Crippen molar-refractivity contribution >= 4 is 40.8 Å². The Morgan fingerprint density at radius 1 is 1.22 bits per heavy atom. The van der Waals surface area contributed by atoms with Gasteiger partial charge in [0.2, 0.25) is 0 Å². The number of anilines is 1. The minimum absolute atomic E-state index is 0.135. The first-order valence-electron chi connectivity index (χ1n) is 7.70. The van der Waals surface area contributed by atoms with Crippen LogP contribution in [0.15, 0.2) is 42.5 Å². The third-order valence-corrected chi connectivity index (χ3v) is 4.38. The van der Waals surface area contributed by atoms with Gasteiger partial charge in [0.15, 0.2) is 0 Å². The van der Waals surface area contributed by atoms with E-state index >= 15 is 0 Å². The van der Waals surface area contributed by atoms with Crippen LogP contribution in [0.3, 0.4) is 0 Å². The third-order valence-electron chi connectivity index (χ3n) is 4.14. The molecular formula is C17H13ClN4O5. The number of rotatable bonds is 4. The summed E-state index contributed by atoms with van der Waals surface area (Å²) in [6.07, 6.45) is 0. The fraction of sp³-hybridized carbons (Fsp3) is 0.118. The van der Waals surface area contributed by atoms with Crippen LogP contribution in [-0.4, -0.2) is 22.8 Å². The van der Waals surface area contributed by atoms with Crippen molar-refractivity contribution in [3.8, 4) is 0 Å². The Labute approximate surface area is 157 Å². The van der Waals surface area contributed by atoms with Gasteiger partial charge < -0.3 is 10.6 Å². The molecule has 4 amide bonds. The van der Waals surface area contributed by atoms with Gasteiger partial charge in [-0.1, -0.05) is 23.7 Å². The average Bonchev–Trinajstić information content (AvgIpc) is 2.88. The van der Waals surface area contributed by atoms with Gasteiger partial charge in [0.1, 0.15) is 11.1 Å². The first-order chi connectivity index (χ1) is 12.7. The van der Waals surface area contributed by atoms with Gasteiger partial charge in [-0.15, -0.1) is 0 Å². The molecular weight excluding hydrogens is 376 g/mol. The van der Waals surface area contributed by atoms with Crippen LogP contribution < -0.4 is 16.0 Å². The van der Waals surface area contributed by atoms with Gasteiger partial charge in [-0.3, -0.25) is 25.0 Å². The summed E-state index contributed by atoms with van der Waals surface area (Å²) >= 11 is 5.75. The van der Waals surface area contributed by atoms with Gasteiger partial charge in [0.25, 0.3) is 17.5 Å². The maximum atomic E-state index is 12.5. The Morgan fingerprint density at radius 2 is 1.96 bits per heavy atom. The van der Waals surface area contributed by atoms with Crippen LogP contribution in [0.25, 0.3) is 0 Å². The molecule has 1 unspecified atom stereocenters. The predicted octanol–water partition coefficient (Wildman–Crippen LogP) is 2.56. The number of carbonyl (C=O) groups excluding carboxylic acids is 3. The van der Waals surface area contributed by atoms with Gasteiger partial charge in [-0.25, -0.2) is 4.79 Å². The molecule has 2 aromatic rings. The number of halogens is 1. The van der Waals surface area contributed by atoms with E-state index in [1.54, 1.807) is 18.2 Å². The molecule has 27 heavy (non-hydrogen) atoms. The maximum absolute atomic E-state index is 12.5. The number of hydrogen-bond donors (Lipinski definition) is 3. The van der Waals surface area contributed by atoms with Crippen molar-refractivity contribution in [2.75, 3.05) is 5.32 Å². The van der Waals surface area contributed by atoms with E-state index in [0.29, 0.717) is 11.3 Å². The summed E-state index contributed by atoms with van der Waals surface area (Å²) in [5.41, 5.74) is -1.13. The number of nitro benzene ring substituents is 1. The van der Waals surface area contributed by atoms with Crippen molar-refractivity contribution in [1.82, 2.24) is 10.6 Å². The van der Waals surface area contributed by atoms with E-state index < -0.39 is 34.0 Å². The summed E-state index contributed by atoms with van der Waals surface area (Å²) in [7, 11) is 0. The Hall–Kier alpha value is -3.46. The van der Waals surface area contributed by atoms with Crippen molar-refractivity contribution in [3.63, 3.8) is 0 Å². The van der Waals surface area contributed by atoms with Crippen LogP contribution in [0.4, 0.5) is 16.2 Å². The average molecular weight is 389 g/mol. The molecule has 1 atom stereocenters. The van der Waals surface area contributed by atoms with Crippen molar-refractivity contribution in [1.29, 1.82) is 0 Å². The lowest BCUT2D eigenvalue weighted by atomic mass is 9.92. The molecule has 2 aromatic carbocycles. The zero-order valence-electron chi connectivity index (χ0n) is 13.9. The smallest absolute Gasteiger partial charge is 0.322 e. The molecule has 9 nitrogen and oxygen atoms in total. The number of hydrogen-bond acceptors (Lipinski definition) is 5. The minimum atomic E-state index is -1.29. The number of benzene rings is 2. The van der Waals surface area contributed by atoms with Crippen LogP contribution in [0.1, 0.15) is 22.8 Å². The van der Waals surface area contributed by atoms with Gasteiger partial charge in [-0.05, 0) is 36.8 Å². The summed E-state index contributed by atoms with van der Waals surface area (Å²) in [6.45, 7) is 1.53. The van der Waals surface area contributed by atoms with Gasteiger partial charge >= 0.3 is 6.03 Å². The molecule has 138 valence electrons. The molecule has 0 aromatic heterocycles. The Balaban J connectivity index is 1.90. The number of nitro groups is 1. The zero-order valence-corrected chi connectivity index (χ0v) is 14.7. The molecule has 3 N–H and O–H groups in total. The molecule has 1 aliphatic heterocycles. The highest BCUT2D eigenvalue weighted by Crippen LogP contribution is 2.28. The fourth-order valence-corrected chi connectivity index (χ4v) is 2.87. The van der Waals surface area contributed by atoms with Crippen LogP contribution >= 0.6 is 11.6 Å². The van der Waals surface area contributed by atoms with Crippen LogP contribution in [0, 0.1) is 10.1 Å². The first-order valence-corrected chi connectivity index (χ1v) is 8.08. The first kappa shape index (κ1) is 18.3. The van der Waals surface area contributed by atoms with E-state index in [1.807, 2.05) is 0 Å². The maximum Gasteiger partial charge on any atom is 0.322 e. The van der Waals surface area contributed by atoms with E-state index in [9.17, 15) is 24.5 Å². The number of nitrogens with one attached hydrogen (secondary N) is 3. The molecule has 0 saturated carbocycles. The van der Waals surface area contributed by atoms with Crippen molar-refractivity contribution in [3.05, 3.63) is 68.7 Å². The number of imide groups is 1. The third kappa shape index (κ3) is 3.44. The van der Waals surface area contributed by atoms with Crippen molar-refractivity contribution < 1.29 is 19.3 Å². The lowest BCUT2D eigenvalue weighted by Crippen LogP contribution is -2.40. The fourth-order valence-electron chi connectivity index (χ4n) is 2.70. The molecule has 0 spiro atoms. The summed E-state index contributed by atoms with van der Waals surface area (Å²) < 4.78 is 0. The second kappa shape index (κ2) is 6.69. The molecule has 3 rings (SSSR count). The van der Waals surface area contributed by atoms with Gasteiger partial charge in [0, 0.05) is 16.8 Å². The van der Waals surface area contributed by atoms with Crippen LogP contribution in [0.2, 0.25) is 5.02 Å².